The Labute approximate surface area is 135 Å². The lowest BCUT2D eigenvalue weighted by molar-refractivity contribution is -0.124. The number of carbonyl (C=O) groups is 1. The van der Waals surface area contributed by atoms with Gasteiger partial charge in [-0.05, 0) is 25.8 Å². The van der Waals surface area contributed by atoms with Crippen LogP contribution in [-0.2, 0) is 16.6 Å². The minimum atomic E-state index is -0.379. The Morgan fingerprint density at radius 2 is 2.22 bits per heavy atom. The van der Waals surface area contributed by atoms with E-state index in [1.807, 2.05) is 38.2 Å². The van der Waals surface area contributed by atoms with E-state index in [4.69, 9.17) is 9.47 Å². The summed E-state index contributed by atoms with van der Waals surface area (Å²) in [5, 5.41) is 7.42. The van der Waals surface area contributed by atoms with Crippen molar-refractivity contribution in [3.05, 3.63) is 30.0 Å². The lowest BCUT2D eigenvalue weighted by Gasteiger charge is -2.14. The topological polar surface area (TPSA) is 65.4 Å². The Balaban J connectivity index is 1.99. The second kappa shape index (κ2) is 6.42. The van der Waals surface area contributed by atoms with Crippen LogP contribution >= 0.6 is 0 Å². The summed E-state index contributed by atoms with van der Waals surface area (Å²) in [5.74, 6) is 1.28. The van der Waals surface area contributed by atoms with Crippen LogP contribution in [0.4, 0.5) is 5.82 Å². The van der Waals surface area contributed by atoms with Crippen molar-refractivity contribution in [2.45, 2.75) is 25.9 Å². The number of hydrogen-bond acceptors (Lipinski definition) is 4. The Kier molecular flexibility index (Phi) is 4.34. The van der Waals surface area contributed by atoms with Gasteiger partial charge in [-0.3, -0.25) is 9.48 Å². The van der Waals surface area contributed by atoms with E-state index in [2.05, 4.69) is 10.4 Å². The van der Waals surface area contributed by atoms with Crippen LogP contribution < -0.4 is 10.1 Å². The van der Waals surface area contributed by atoms with Gasteiger partial charge in [-0.2, -0.15) is 5.10 Å². The SMILES string of the molecule is COc1ccccc1-c1c(C)nn(C)c1NC(=O)[C@H]1CCCO1. The lowest BCUT2D eigenvalue weighted by Crippen LogP contribution is -2.28. The third kappa shape index (κ3) is 2.94. The number of aryl methyl sites for hydroxylation is 2. The number of ether oxygens (including phenoxy) is 2. The van der Waals surface area contributed by atoms with E-state index in [-0.39, 0.29) is 12.0 Å². The molecule has 1 fully saturated rings. The summed E-state index contributed by atoms with van der Waals surface area (Å²) >= 11 is 0. The summed E-state index contributed by atoms with van der Waals surface area (Å²) in [6.45, 7) is 2.56. The molecule has 2 aromatic rings. The van der Waals surface area contributed by atoms with Crippen LogP contribution in [0.25, 0.3) is 11.1 Å². The van der Waals surface area contributed by atoms with Crippen molar-refractivity contribution >= 4 is 11.7 Å². The molecule has 122 valence electrons. The quantitative estimate of drug-likeness (QED) is 0.941. The first kappa shape index (κ1) is 15.6. The number of nitrogens with zero attached hydrogens (tertiary/aromatic N) is 2. The van der Waals surface area contributed by atoms with Gasteiger partial charge in [-0.25, -0.2) is 0 Å². The molecule has 0 bridgehead atoms. The van der Waals surface area contributed by atoms with E-state index in [9.17, 15) is 4.79 Å². The Hall–Kier alpha value is -2.34. The molecule has 2 heterocycles. The summed E-state index contributed by atoms with van der Waals surface area (Å²) in [6.07, 6.45) is 1.30. The van der Waals surface area contributed by atoms with Crippen molar-refractivity contribution < 1.29 is 14.3 Å². The fourth-order valence-corrected chi connectivity index (χ4v) is 2.96. The van der Waals surface area contributed by atoms with Crippen molar-refractivity contribution in [1.29, 1.82) is 0 Å². The molecule has 0 aliphatic carbocycles. The molecule has 1 atom stereocenters. The summed E-state index contributed by atoms with van der Waals surface area (Å²) in [6, 6.07) is 7.71. The Morgan fingerprint density at radius 3 is 2.91 bits per heavy atom. The highest BCUT2D eigenvalue weighted by Gasteiger charge is 2.26. The first-order valence-corrected chi connectivity index (χ1v) is 7.71. The molecule has 23 heavy (non-hydrogen) atoms. The standard InChI is InChI=1S/C17H21N3O3/c1-11-15(12-7-4-5-8-13(12)22-3)16(20(2)19-11)18-17(21)14-9-6-10-23-14/h4-5,7-8,14H,6,9-10H2,1-3H3,(H,18,21)/t14-/m1/s1. The molecule has 1 N–H and O–H groups in total. The van der Waals surface area contributed by atoms with Gasteiger partial charge < -0.3 is 14.8 Å². The molecule has 0 unspecified atom stereocenters. The third-order valence-corrected chi connectivity index (χ3v) is 4.06. The van der Waals surface area contributed by atoms with Gasteiger partial charge in [0.2, 0.25) is 0 Å². The van der Waals surface area contributed by atoms with Gasteiger partial charge in [0, 0.05) is 19.2 Å². The molecule has 1 saturated heterocycles. The van der Waals surface area contributed by atoms with Gasteiger partial charge in [0.1, 0.15) is 17.7 Å². The van der Waals surface area contributed by atoms with Crippen LogP contribution in [0.1, 0.15) is 18.5 Å². The van der Waals surface area contributed by atoms with Gasteiger partial charge in [-0.1, -0.05) is 18.2 Å². The van der Waals surface area contributed by atoms with Gasteiger partial charge in [0.05, 0.1) is 18.4 Å². The highest BCUT2D eigenvalue weighted by molar-refractivity contribution is 5.98. The number of para-hydroxylation sites is 1. The number of anilines is 1. The molecule has 3 rings (SSSR count). The minimum Gasteiger partial charge on any atom is -0.496 e. The Bertz CT molecular complexity index is 718. The number of methoxy groups -OCH3 is 1. The molecule has 6 heteroatoms. The normalized spacial score (nSPS) is 17.3. The molecule has 1 aliphatic rings. The zero-order valence-corrected chi connectivity index (χ0v) is 13.6. The summed E-state index contributed by atoms with van der Waals surface area (Å²) in [7, 11) is 3.45. The van der Waals surface area contributed by atoms with Crippen LogP contribution in [0.5, 0.6) is 5.75 Å². The molecule has 6 nitrogen and oxygen atoms in total. The van der Waals surface area contributed by atoms with Gasteiger partial charge in [-0.15, -0.1) is 0 Å². The molecule has 0 radical (unpaired) electrons. The smallest absolute Gasteiger partial charge is 0.254 e. The van der Waals surface area contributed by atoms with Crippen molar-refractivity contribution in [1.82, 2.24) is 9.78 Å². The minimum absolute atomic E-state index is 0.123. The molecular formula is C17H21N3O3. The molecular weight excluding hydrogens is 294 g/mol. The lowest BCUT2D eigenvalue weighted by atomic mass is 10.0. The summed E-state index contributed by atoms with van der Waals surface area (Å²) in [5.41, 5.74) is 2.61. The monoisotopic (exact) mass is 315 g/mol. The fourth-order valence-electron chi connectivity index (χ4n) is 2.96. The van der Waals surface area contributed by atoms with Crippen molar-refractivity contribution in [3.63, 3.8) is 0 Å². The number of rotatable bonds is 4. The molecule has 0 saturated carbocycles. The molecule has 1 amide bonds. The highest BCUT2D eigenvalue weighted by atomic mass is 16.5. The summed E-state index contributed by atoms with van der Waals surface area (Å²) in [4.78, 5) is 12.4. The maximum Gasteiger partial charge on any atom is 0.254 e. The van der Waals surface area contributed by atoms with E-state index in [0.29, 0.717) is 12.4 Å². The predicted molar refractivity (Wildman–Crippen MR) is 87.5 cm³/mol. The second-order valence-corrected chi connectivity index (χ2v) is 5.62. The second-order valence-electron chi connectivity index (χ2n) is 5.62. The van der Waals surface area contributed by atoms with Gasteiger partial charge in [0.15, 0.2) is 0 Å². The van der Waals surface area contributed by atoms with Crippen LogP contribution in [0.15, 0.2) is 24.3 Å². The zero-order valence-electron chi connectivity index (χ0n) is 13.6. The van der Waals surface area contributed by atoms with Crippen LogP contribution in [0.2, 0.25) is 0 Å². The molecule has 1 aliphatic heterocycles. The van der Waals surface area contributed by atoms with Crippen molar-refractivity contribution in [2.75, 3.05) is 19.0 Å². The Morgan fingerprint density at radius 1 is 1.43 bits per heavy atom. The number of nitrogens with one attached hydrogen (secondary N) is 1. The average molecular weight is 315 g/mol. The van der Waals surface area contributed by atoms with Crippen LogP contribution in [-0.4, -0.2) is 35.5 Å². The largest absolute Gasteiger partial charge is 0.496 e. The molecule has 1 aromatic carbocycles. The van der Waals surface area contributed by atoms with Gasteiger partial charge in [0.25, 0.3) is 5.91 Å². The maximum absolute atomic E-state index is 12.4. The first-order valence-electron chi connectivity index (χ1n) is 7.71. The van der Waals surface area contributed by atoms with E-state index < -0.39 is 0 Å². The van der Waals surface area contributed by atoms with Crippen molar-refractivity contribution in [3.8, 4) is 16.9 Å². The van der Waals surface area contributed by atoms with E-state index in [1.54, 1.807) is 11.8 Å². The van der Waals surface area contributed by atoms with Crippen LogP contribution in [0, 0.1) is 6.92 Å². The van der Waals surface area contributed by atoms with E-state index >= 15 is 0 Å². The molecule has 0 spiro atoms. The van der Waals surface area contributed by atoms with Gasteiger partial charge >= 0.3 is 0 Å². The number of benzene rings is 1. The van der Waals surface area contributed by atoms with E-state index in [0.717, 1.165) is 35.4 Å². The van der Waals surface area contributed by atoms with Crippen molar-refractivity contribution in [2.24, 2.45) is 7.05 Å². The third-order valence-electron chi connectivity index (χ3n) is 4.06. The number of aromatic nitrogens is 2. The van der Waals surface area contributed by atoms with Crippen LogP contribution in [0.3, 0.4) is 0 Å². The summed E-state index contributed by atoms with van der Waals surface area (Å²) < 4.78 is 12.6. The predicted octanol–water partition coefficient (Wildman–Crippen LogP) is 2.52. The zero-order chi connectivity index (χ0) is 16.4. The number of hydrogen-bond donors (Lipinski definition) is 1. The van der Waals surface area contributed by atoms with E-state index in [1.165, 1.54) is 0 Å². The number of amides is 1. The highest BCUT2D eigenvalue weighted by Crippen LogP contribution is 2.37. The number of carbonyl (C=O) groups excluding carboxylic acids is 1. The first-order chi connectivity index (χ1) is 11.1. The fraction of sp³-hybridized carbons (Fsp3) is 0.412. The maximum atomic E-state index is 12.4. The average Bonchev–Trinajstić information content (AvgIpc) is 3.16. The molecule has 1 aromatic heterocycles.